The van der Waals surface area contributed by atoms with E-state index in [-0.39, 0.29) is 22.6 Å². The van der Waals surface area contributed by atoms with Gasteiger partial charge in [0.2, 0.25) is 5.91 Å². The molecule has 1 atom stereocenters. The monoisotopic (exact) mass is 530 g/mol. The van der Waals surface area contributed by atoms with Crippen LogP contribution in [0.5, 0.6) is 0 Å². The minimum atomic E-state index is -4.53. The van der Waals surface area contributed by atoms with E-state index in [1.165, 1.54) is 4.88 Å². The molecule has 0 saturated carbocycles. The molecule has 1 saturated heterocycles. The smallest absolute Gasteiger partial charge is 0.376 e. The molecule has 1 fully saturated rings. The van der Waals surface area contributed by atoms with Gasteiger partial charge in [0.25, 0.3) is 0 Å². The van der Waals surface area contributed by atoms with Gasteiger partial charge in [-0.05, 0) is 43.5 Å². The summed E-state index contributed by atoms with van der Waals surface area (Å²) in [6.45, 7) is 3.36. The summed E-state index contributed by atoms with van der Waals surface area (Å²) in [5.74, 6) is 0.138. The molecule has 0 radical (unpaired) electrons. The molecule has 1 N–H and O–H groups in total. The van der Waals surface area contributed by atoms with Gasteiger partial charge in [0.15, 0.2) is 11.0 Å². The average molecular weight is 531 g/mol. The number of thioether (sulfide) groups is 1. The van der Waals surface area contributed by atoms with Gasteiger partial charge in [0, 0.05) is 22.4 Å². The number of amides is 1. The van der Waals surface area contributed by atoms with E-state index in [2.05, 4.69) is 28.5 Å². The molecule has 6 nitrogen and oxygen atoms in total. The molecule has 3 heterocycles. The molecule has 0 bridgehead atoms. The summed E-state index contributed by atoms with van der Waals surface area (Å²) in [6, 6.07) is 4.89. The lowest BCUT2D eigenvalue weighted by molar-refractivity contribution is -0.137. The second kappa shape index (κ2) is 10.7. The highest BCUT2D eigenvalue weighted by Crippen LogP contribution is 2.34. The number of carbonyl (C=O) groups excluding carboxylic acids is 1. The summed E-state index contributed by atoms with van der Waals surface area (Å²) in [7, 11) is 0. The zero-order valence-electron chi connectivity index (χ0n) is 18.2. The molecule has 1 aromatic carbocycles. The van der Waals surface area contributed by atoms with Crippen LogP contribution in [-0.2, 0) is 28.7 Å². The standard InChI is InChI=1S/C22H22ClF3N4O2S2/c1-2-16-8-13(11-33-16)20-28-29-21(30(20)10-15-4-3-7-32-15)34-12-19(31)27-18-9-14(22(24,25)26)5-6-17(18)23/h5-6,8-9,11,15H,2-4,7,10,12H2,1H3,(H,27,31). The highest BCUT2D eigenvalue weighted by Gasteiger charge is 2.31. The molecule has 1 aliphatic rings. The number of hydrogen-bond acceptors (Lipinski definition) is 6. The number of ether oxygens (including phenoxy) is 1. The van der Waals surface area contributed by atoms with Gasteiger partial charge in [0.05, 0.1) is 34.7 Å². The number of thiophene rings is 1. The third-order valence-corrected chi connectivity index (χ3v) is 7.67. The number of aromatic nitrogens is 3. The van der Waals surface area contributed by atoms with Crippen LogP contribution in [0.25, 0.3) is 11.4 Å². The van der Waals surface area contributed by atoms with Gasteiger partial charge in [-0.3, -0.25) is 9.36 Å². The van der Waals surface area contributed by atoms with Gasteiger partial charge in [-0.1, -0.05) is 30.3 Å². The van der Waals surface area contributed by atoms with Gasteiger partial charge in [-0.25, -0.2) is 0 Å². The maximum atomic E-state index is 13.0. The van der Waals surface area contributed by atoms with E-state index in [0.717, 1.165) is 54.8 Å². The summed E-state index contributed by atoms with van der Waals surface area (Å²) < 4.78 is 46.7. The quantitative estimate of drug-likeness (QED) is 0.354. The number of carbonyl (C=O) groups is 1. The van der Waals surface area contributed by atoms with Crippen LogP contribution in [-0.4, -0.2) is 39.1 Å². The van der Waals surface area contributed by atoms with Crippen molar-refractivity contribution in [1.82, 2.24) is 14.8 Å². The van der Waals surface area contributed by atoms with Gasteiger partial charge >= 0.3 is 6.18 Å². The van der Waals surface area contributed by atoms with Gasteiger partial charge in [-0.2, -0.15) is 13.2 Å². The molecular formula is C22H22ClF3N4O2S2. The summed E-state index contributed by atoms with van der Waals surface area (Å²) in [4.78, 5) is 13.8. The van der Waals surface area contributed by atoms with Crippen LogP contribution in [0.1, 0.15) is 30.2 Å². The Hall–Kier alpha value is -2.08. The first-order chi connectivity index (χ1) is 16.2. The molecule has 12 heteroatoms. The molecule has 3 aromatic rings. The number of alkyl halides is 3. The van der Waals surface area contributed by atoms with E-state index in [9.17, 15) is 18.0 Å². The molecule has 4 rings (SSSR count). The predicted molar refractivity (Wildman–Crippen MR) is 127 cm³/mol. The number of aryl methyl sites for hydroxylation is 1. The van der Waals surface area contributed by atoms with Crippen LogP contribution in [0.3, 0.4) is 0 Å². The van der Waals surface area contributed by atoms with Crippen molar-refractivity contribution in [1.29, 1.82) is 0 Å². The summed E-state index contributed by atoms with van der Waals surface area (Å²) in [5, 5.41) is 13.7. The van der Waals surface area contributed by atoms with Crippen molar-refractivity contribution < 1.29 is 22.7 Å². The van der Waals surface area contributed by atoms with Crippen molar-refractivity contribution in [3.63, 3.8) is 0 Å². The molecule has 2 aromatic heterocycles. The minimum absolute atomic E-state index is 0.0272. The van der Waals surface area contributed by atoms with Crippen molar-refractivity contribution in [3.05, 3.63) is 45.1 Å². The fourth-order valence-corrected chi connectivity index (χ4v) is 5.29. The number of nitrogens with zero attached hydrogens (tertiary/aromatic N) is 3. The van der Waals surface area contributed by atoms with E-state index in [0.29, 0.717) is 24.1 Å². The van der Waals surface area contributed by atoms with E-state index >= 15 is 0 Å². The number of benzene rings is 1. The van der Waals surface area contributed by atoms with Crippen LogP contribution < -0.4 is 5.32 Å². The number of rotatable bonds is 8. The number of anilines is 1. The molecule has 0 spiro atoms. The van der Waals surface area contributed by atoms with Crippen molar-refractivity contribution >= 4 is 46.3 Å². The fourth-order valence-electron chi connectivity index (χ4n) is 3.56. The molecule has 34 heavy (non-hydrogen) atoms. The molecule has 1 aliphatic heterocycles. The molecule has 1 unspecified atom stereocenters. The van der Waals surface area contributed by atoms with Crippen LogP contribution in [0, 0.1) is 0 Å². The Balaban J connectivity index is 1.49. The largest absolute Gasteiger partial charge is 0.416 e. The Morgan fingerprint density at radius 3 is 2.85 bits per heavy atom. The Kier molecular flexibility index (Phi) is 7.86. The second-order valence-corrected chi connectivity index (χ2v) is 10.1. The normalized spacial score (nSPS) is 16.2. The number of halogens is 4. The van der Waals surface area contributed by atoms with Crippen molar-refractivity contribution in [2.24, 2.45) is 0 Å². The highest BCUT2D eigenvalue weighted by molar-refractivity contribution is 7.99. The van der Waals surface area contributed by atoms with Crippen LogP contribution in [0.15, 0.2) is 34.8 Å². The van der Waals surface area contributed by atoms with Gasteiger partial charge < -0.3 is 10.1 Å². The highest BCUT2D eigenvalue weighted by atomic mass is 35.5. The summed E-state index contributed by atoms with van der Waals surface area (Å²) >= 11 is 8.80. The zero-order chi connectivity index (χ0) is 24.3. The first kappa shape index (κ1) is 25.0. The van der Waals surface area contributed by atoms with Crippen molar-refractivity contribution in [2.75, 3.05) is 17.7 Å². The minimum Gasteiger partial charge on any atom is -0.376 e. The van der Waals surface area contributed by atoms with Gasteiger partial charge in [-0.15, -0.1) is 21.5 Å². The lowest BCUT2D eigenvalue weighted by Gasteiger charge is -2.14. The summed E-state index contributed by atoms with van der Waals surface area (Å²) in [6.07, 6.45) is -1.66. The third-order valence-electron chi connectivity index (χ3n) is 5.29. The van der Waals surface area contributed by atoms with E-state index < -0.39 is 17.6 Å². The van der Waals surface area contributed by atoms with E-state index in [1.807, 2.05) is 9.95 Å². The third kappa shape index (κ3) is 5.94. The second-order valence-electron chi connectivity index (χ2n) is 7.74. The Morgan fingerprint density at radius 2 is 2.18 bits per heavy atom. The first-order valence-electron chi connectivity index (χ1n) is 10.7. The zero-order valence-corrected chi connectivity index (χ0v) is 20.6. The predicted octanol–water partition coefficient (Wildman–Crippen LogP) is 6.15. The van der Waals surface area contributed by atoms with Crippen molar-refractivity contribution in [2.45, 2.75) is 50.2 Å². The maximum Gasteiger partial charge on any atom is 0.416 e. The average Bonchev–Trinajstić information content (AvgIpc) is 3.54. The first-order valence-corrected chi connectivity index (χ1v) is 12.9. The van der Waals surface area contributed by atoms with Gasteiger partial charge in [0.1, 0.15) is 0 Å². The lowest BCUT2D eigenvalue weighted by atomic mass is 10.2. The number of nitrogens with one attached hydrogen (secondary N) is 1. The molecule has 0 aliphatic carbocycles. The van der Waals surface area contributed by atoms with Crippen LogP contribution in [0.4, 0.5) is 18.9 Å². The Labute approximate surface area is 207 Å². The Bertz CT molecular complexity index is 1160. The van der Waals surface area contributed by atoms with E-state index in [4.69, 9.17) is 16.3 Å². The topological polar surface area (TPSA) is 69.0 Å². The summed E-state index contributed by atoms with van der Waals surface area (Å²) in [5.41, 5.74) is -0.0172. The SMILES string of the molecule is CCc1cc(-c2nnc(SCC(=O)Nc3cc(C(F)(F)F)ccc3Cl)n2CC2CCCO2)cs1. The van der Waals surface area contributed by atoms with Crippen molar-refractivity contribution in [3.8, 4) is 11.4 Å². The molecule has 182 valence electrons. The van der Waals surface area contributed by atoms with Crippen LogP contribution in [0.2, 0.25) is 5.02 Å². The molecule has 1 amide bonds. The number of hydrogen-bond donors (Lipinski definition) is 1. The Morgan fingerprint density at radius 1 is 1.35 bits per heavy atom. The molecular weight excluding hydrogens is 509 g/mol. The lowest BCUT2D eigenvalue weighted by Crippen LogP contribution is -2.18. The van der Waals surface area contributed by atoms with Crippen LogP contribution >= 0.6 is 34.7 Å². The maximum absolute atomic E-state index is 13.0. The fraction of sp³-hybridized carbons (Fsp3) is 0.409. The van der Waals surface area contributed by atoms with E-state index in [1.54, 1.807) is 11.3 Å².